The molecule has 0 aliphatic carbocycles. The Bertz CT molecular complexity index is 688. The second-order valence-electron chi connectivity index (χ2n) is 3.24. The molecule has 0 saturated carbocycles. The van der Waals surface area contributed by atoms with E-state index in [0.717, 1.165) is 5.13 Å². The van der Waals surface area contributed by atoms with E-state index in [4.69, 9.17) is 0 Å². The summed E-state index contributed by atoms with van der Waals surface area (Å²) >= 11 is 1.51. The lowest BCUT2D eigenvalue weighted by Gasteiger charge is -2.04. The Balaban J connectivity index is 2.43. The molecule has 3 aromatic rings. The van der Waals surface area contributed by atoms with E-state index in [1.165, 1.54) is 17.4 Å². The average molecular weight is 229 g/mol. The molecule has 3 aromatic heterocycles. The van der Waals surface area contributed by atoms with E-state index in [2.05, 4.69) is 9.97 Å². The molecule has 78 valence electrons. The SMILES string of the molecule is O=c1ccn(-c2nccs2)c2ncccc12. The summed E-state index contributed by atoms with van der Waals surface area (Å²) in [6.45, 7) is 0. The molecule has 0 aliphatic rings. The first-order chi connectivity index (χ1) is 7.86. The first-order valence-electron chi connectivity index (χ1n) is 4.72. The van der Waals surface area contributed by atoms with Gasteiger partial charge >= 0.3 is 0 Å². The van der Waals surface area contributed by atoms with E-state index in [0.29, 0.717) is 11.0 Å². The summed E-state index contributed by atoms with van der Waals surface area (Å²) in [6, 6.07) is 5.07. The summed E-state index contributed by atoms with van der Waals surface area (Å²) in [5.74, 6) is 0. The van der Waals surface area contributed by atoms with Crippen LogP contribution in [-0.4, -0.2) is 14.5 Å². The maximum absolute atomic E-state index is 11.6. The number of thiazole rings is 1. The first kappa shape index (κ1) is 9.23. The van der Waals surface area contributed by atoms with Crippen molar-refractivity contribution in [3.8, 4) is 5.13 Å². The fraction of sp³-hybridized carbons (Fsp3) is 0. The van der Waals surface area contributed by atoms with Gasteiger partial charge < -0.3 is 0 Å². The molecule has 0 aromatic carbocycles. The van der Waals surface area contributed by atoms with Gasteiger partial charge in [-0.15, -0.1) is 11.3 Å². The summed E-state index contributed by atoms with van der Waals surface area (Å²) in [4.78, 5) is 20.1. The molecule has 0 fully saturated rings. The van der Waals surface area contributed by atoms with Gasteiger partial charge in [0.15, 0.2) is 10.6 Å². The summed E-state index contributed by atoms with van der Waals surface area (Å²) in [6.07, 6.45) is 5.11. The Morgan fingerprint density at radius 1 is 1.19 bits per heavy atom. The molecule has 0 saturated heterocycles. The third-order valence-corrected chi connectivity index (χ3v) is 3.05. The highest BCUT2D eigenvalue weighted by Crippen LogP contribution is 2.15. The molecule has 0 N–H and O–H groups in total. The summed E-state index contributed by atoms with van der Waals surface area (Å²) in [7, 11) is 0. The third-order valence-electron chi connectivity index (χ3n) is 2.28. The molecule has 0 bridgehead atoms. The fourth-order valence-corrected chi connectivity index (χ4v) is 2.20. The van der Waals surface area contributed by atoms with Crippen LogP contribution in [0, 0.1) is 0 Å². The number of pyridine rings is 2. The summed E-state index contributed by atoms with van der Waals surface area (Å²) < 4.78 is 1.82. The number of nitrogens with zero attached hydrogens (tertiary/aromatic N) is 3. The molecule has 3 rings (SSSR count). The van der Waals surface area contributed by atoms with Crippen molar-refractivity contribution in [3.63, 3.8) is 0 Å². The fourth-order valence-electron chi connectivity index (χ4n) is 1.57. The molecule has 3 heterocycles. The molecule has 0 spiro atoms. The van der Waals surface area contributed by atoms with Gasteiger partial charge in [-0.2, -0.15) is 0 Å². The Hall–Kier alpha value is -2.01. The minimum absolute atomic E-state index is 0.0177. The van der Waals surface area contributed by atoms with Crippen molar-refractivity contribution in [1.29, 1.82) is 0 Å². The zero-order valence-electron chi connectivity index (χ0n) is 8.20. The normalized spacial score (nSPS) is 10.8. The van der Waals surface area contributed by atoms with E-state index in [9.17, 15) is 4.79 Å². The van der Waals surface area contributed by atoms with Crippen molar-refractivity contribution in [2.24, 2.45) is 0 Å². The number of hydrogen-bond donors (Lipinski definition) is 0. The number of rotatable bonds is 1. The van der Waals surface area contributed by atoms with Gasteiger partial charge in [0.2, 0.25) is 0 Å². The van der Waals surface area contributed by atoms with Gasteiger partial charge in [-0.05, 0) is 12.1 Å². The maximum Gasteiger partial charge on any atom is 0.195 e. The van der Waals surface area contributed by atoms with Crippen LogP contribution in [0.3, 0.4) is 0 Å². The van der Waals surface area contributed by atoms with Crippen molar-refractivity contribution in [2.45, 2.75) is 0 Å². The van der Waals surface area contributed by atoms with E-state index in [1.807, 2.05) is 9.95 Å². The van der Waals surface area contributed by atoms with Crippen molar-refractivity contribution in [1.82, 2.24) is 14.5 Å². The molecular weight excluding hydrogens is 222 g/mol. The molecule has 4 nitrogen and oxygen atoms in total. The summed E-state index contributed by atoms with van der Waals surface area (Å²) in [5.41, 5.74) is 0.626. The van der Waals surface area contributed by atoms with E-state index >= 15 is 0 Å². The van der Waals surface area contributed by atoms with Gasteiger partial charge in [-0.1, -0.05) is 0 Å². The van der Waals surface area contributed by atoms with E-state index in [1.54, 1.807) is 30.7 Å². The standard InChI is InChI=1S/C11H7N3OS/c15-9-3-6-14(11-13-5-7-16-11)10-8(9)2-1-4-12-10/h1-7H. The number of hydrogen-bond acceptors (Lipinski definition) is 4. The zero-order valence-corrected chi connectivity index (χ0v) is 9.02. The smallest absolute Gasteiger partial charge is 0.195 e. The Morgan fingerprint density at radius 3 is 2.94 bits per heavy atom. The van der Waals surface area contributed by atoms with Gasteiger partial charge in [0.1, 0.15) is 5.65 Å². The van der Waals surface area contributed by atoms with Crippen LogP contribution in [0.5, 0.6) is 0 Å². The minimum atomic E-state index is -0.0177. The second kappa shape index (κ2) is 3.53. The topological polar surface area (TPSA) is 47.8 Å². The van der Waals surface area contributed by atoms with Gasteiger partial charge in [-0.25, -0.2) is 9.97 Å². The highest BCUT2D eigenvalue weighted by atomic mass is 32.1. The lowest BCUT2D eigenvalue weighted by atomic mass is 10.3. The highest BCUT2D eigenvalue weighted by Gasteiger charge is 2.05. The minimum Gasteiger partial charge on any atom is -0.289 e. The lowest BCUT2D eigenvalue weighted by Crippen LogP contribution is -2.07. The van der Waals surface area contributed by atoms with Crippen LogP contribution in [0.1, 0.15) is 0 Å². The van der Waals surface area contributed by atoms with Crippen LogP contribution < -0.4 is 5.43 Å². The average Bonchev–Trinajstić information content (AvgIpc) is 2.83. The van der Waals surface area contributed by atoms with Crippen molar-refractivity contribution in [2.75, 3.05) is 0 Å². The van der Waals surface area contributed by atoms with Crippen LogP contribution in [0.2, 0.25) is 0 Å². The van der Waals surface area contributed by atoms with E-state index < -0.39 is 0 Å². The summed E-state index contributed by atoms with van der Waals surface area (Å²) in [5, 5.41) is 3.31. The molecule has 0 radical (unpaired) electrons. The quantitative estimate of drug-likeness (QED) is 0.639. The molecule has 0 atom stereocenters. The molecule has 16 heavy (non-hydrogen) atoms. The molecule has 0 amide bonds. The number of fused-ring (bicyclic) bond motifs is 1. The van der Waals surface area contributed by atoms with Gasteiger partial charge in [-0.3, -0.25) is 9.36 Å². The Kier molecular flexibility index (Phi) is 2.04. The lowest BCUT2D eigenvalue weighted by molar-refractivity contribution is 1.04. The van der Waals surface area contributed by atoms with E-state index in [-0.39, 0.29) is 5.43 Å². The first-order valence-corrected chi connectivity index (χ1v) is 5.60. The largest absolute Gasteiger partial charge is 0.289 e. The molecule has 0 unspecified atom stereocenters. The zero-order chi connectivity index (χ0) is 11.0. The van der Waals surface area contributed by atoms with Gasteiger partial charge in [0.25, 0.3) is 0 Å². The third kappa shape index (κ3) is 1.33. The predicted molar refractivity (Wildman–Crippen MR) is 63.0 cm³/mol. The Morgan fingerprint density at radius 2 is 2.12 bits per heavy atom. The van der Waals surface area contributed by atoms with Crippen LogP contribution >= 0.6 is 11.3 Å². The number of aromatic nitrogens is 3. The van der Waals surface area contributed by atoms with Gasteiger partial charge in [0, 0.05) is 30.0 Å². The van der Waals surface area contributed by atoms with Crippen LogP contribution in [0.15, 0.2) is 47.0 Å². The monoisotopic (exact) mass is 229 g/mol. The van der Waals surface area contributed by atoms with Gasteiger partial charge in [0.05, 0.1) is 5.39 Å². The predicted octanol–water partition coefficient (Wildman–Crippen LogP) is 1.84. The van der Waals surface area contributed by atoms with Crippen molar-refractivity contribution < 1.29 is 0 Å². The molecule has 5 heteroatoms. The Labute approximate surface area is 94.8 Å². The molecular formula is C11H7N3OS. The highest BCUT2D eigenvalue weighted by molar-refractivity contribution is 7.12. The second-order valence-corrected chi connectivity index (χ2v) is 4.11. The van der Waals surface area contributed by atoms with Crippen LogP contribution in [0.25, 0.3) is 16.2 Å². The van der Waals surface area contributed by atoms with Crippen LogP contribution in [0.4, 0.5) is 0 Å². The maximum atomic E-state index is 11.6. The van der Waals surface area contributed by atoms with Crippen molar-refractivity contribution in [3.05, 3.63) is 52.4 Å². The van der Waals surface area contributed by atoms with Crippen molar-refractivity contribution >= 4 is 22.4 Å². The van der Waals surface area contributed by atoms with Crippen LogP contribution in [-0.2, 0) is 0 Å². The molecule has 0 aliphatic heterocycles.